The van der Waals surface area contributed by atoms with Gasteiger partial charge in [-0.15, -0.1) is 0 Å². The number of primary amides is 1. The highest BCUT2D eigenvalue weighted by Crippen LogP contribution is 2.38. The first-order chi connectivity index (χ1) is 13.3. The van der Waals surface area contributed by atoms with Crippen molar-refractivity contribution < 1.29 is 9.53 Å². The fourth-order valence-corrected chi connectivity index (χ4v) is 4.88. The Balaban J connectivity index is 1.93. The number of rotatable bonds is 9. The molecule has 2 aromatic rings. The van der Waals surface area contributed by atoms with Crippen LogP contribution in [0.4, 0.5) is 4.79 Å². The first-order valence-electron chi connectivity index (χ1n) is 10.1. The molecule has 1 saturated carbocycles. The zero-order valence-electron chi connectivity index (χ0n) is 17.3. The van der Waals surface area contributed by atoms with E-state index in [-0.39, 0.29) is 6.61 Å². The van der Waals surface area contributed by atoms with Crippen LogP contribution in [0.2, 0.25) is 0 Å². The van der Waals surface area contributed by atoms with E-state index in [0.717, 1.165) is 24.0 Å². The molecule has 1 fully saturated rings. The van der Waals surface area contributed by atoms with Crippen molar-refractivity contribution in [3.63, 3.8) is 0 Å². The van der Waals surface area contributed by atoms with Crippen LogP contribution in [0.1, 0.15) is 61.7 Å². The van der Waals surface area contributed by atoms with Gasteiger partial charge in [-0.25, -0.2) is 9.78 Å². The molecule has 1 amide bonds. The fraction of sp³-hybridized carbons (Fsp3) is 0.545. The van der Waals surface area contributed by atoms with Gasteiger partial charge in [-0.3, -0.25) is 0 Å². The molecule has 1 heterocycles. The number of hydrogen-bond acceptors (Lipinski definition) is 4. The third kappa shape index (κ3) is 5.53. The van der Waals surface area contributed by atoms with Crippen LogP contribution >= 0.6 is 11.8 Å². The van der Waals surface area contributed by atoms with E-state index in [0.29, 0.717) is 12.3 Å². The first kappa shape index (κ1) is 20.8. The Morgan fingerprint density at radius 2 is 1.96 bits per heavy atom. The monoisotopic (exact) mass is 401 g/mol. The minimum atomic E-state index is -0.731. The molecule has 0 saturated heterocycles. The number of ether oxygens (including phenoxy) is 1. The summed E-state index contributed by atoms with van der Waals surface area (Å²) >= 11 is 1.80. The number of aryl methyl sites for hydroxylation is 2. The second-order valence-electron chi connectivity index (χ2n) is 8.10. The molecule has 28 heavy (non-hydrogen) atoms. The van der Waals surface area contributed by atoms with Gasteiger partial charge in [0.1, 0.15) is 17.5 Å². The summed E-state index contributed by atoms with van der Waals surface area (Å²) < 4.78 is 7.32. The number of amides is 1. The third-order valence-corrected chi connectivity index (χ3v) is 6.10. The maximum atomic E-state index is 11.0. The highest BCUT2D eigenvalue weighted by atomic mass is 32.2. The molecule has 3 rings (SSSR count). The van der Waals surface area contributed by atoms with E-state index in [9.17, 15) is 4.79 Å². The lowest BCUT2D eigenvalue weighted by Crippen LogP contribution is -2.16. The molecule has 0 radical (unpaired) electrons. The lowest BCUT2D eigenvalue weighted by molar-refractivity contribution is 0.157. The summed E-state index contributed by atoms with van der Waals surface area (Å²) in [6.45, 7) is 9.87. The number of carbonyl (C=O) groups is 1. The van der Waals surface area contributed by atoms with E-state index in [1.165, 1.54) is 40.3 Å². The van der Waals surface area contributed by atoms with Gasteiger partial charge in [-0.05, 0) is 55.4 Å². The number of aromatic nitrogens is 2. The maximum Gasteiger partial charge on any atom is 0.404 e. The van der Waals surface area contributed by atoms with E-state index < -0.39 is 6.09 Å². The van der Waals surface area contributed by atoms with Crippen molar-refractivity contribution in [2.24, 2.45) is 11.7 Å². The zero-order chi connectivity index (χ0) is 20.3. The van der Waals surface area contributed by atoms with Crippen molar-refractivity contribution in [1.29, 1.82) is 0 Å². The third-order valence-electron chi connectivity index (χ3n) is 5.01. The number of nitrogens with two attached hydrogens (primary N) is 1. The van der Waals surface area contributed by atoms with E-state index in [1.807, 2.05) is 0 Å². The van der Waals surface area contributed by atoms with Gasteiger partial charge in [0.05, 0.1) is 5.69 Å². The van der Waals surface area contributed by atoms with Crippen molar-refractivity contribution in [3.8, 4) is 0 Å². The van der Waals surface area contributed by atoms with Gasteiger partial charge in [-0.1, -0.05) is 44.5 Å². The predicted molar refractivity (Wildman–Crippen MR) is 113 cm³/mol. The molecule has 1 aliphatic rings. The number of hydrogen-bond donors (Lipinski definition) is 1. The quantitative estimate of drug-likeness (QED) is 0.626. The van der Waals surface area contributed by atoms with Gasteiger partial charge in [0, 0.05) is 17.9 Å². The molecule has 0 aliphatic heterocycles. The molecule has 152 valence electrons. The van der Waals surface area contributed by atoms with Crippen molar-refractivity contribution in [1.82, 2.24) is 9.55 Å². The maximum absolute atomic E-state index is 11.0. The lowest BCUT2D eigenvalue weighted by Gasteiger charge is -2.14. The number of imidazole rings is 1. The summed E-state index contributed by atoms with van der Waals surface area (Å²) in [7, 11) is 0. The van der Waals surface area contributed by atoms with Crippen LogP contribution in [0.15, 0.2) is 28.1 Å². The topological polar surface area (TPSA) is 70.1 Å². The zero-order valence-corrected chi connectivity index (χ0v) is 18.1. The largest absolute Gasteiger partial charge is 0.449 e. The second-order valence-corrected chi connectivity index (χ2v) is 9.16. The molecule has 0 spiro atoms. The first-order valence-corrected chi connectivity index (χ1v) is 10.9. The van der Waals surface area contributed by atoms with Crippen LogP contribution in [0, 0.1) is 19.8 Å². The predicted octanol–water partition coefficient (Wildman–Crippen LogP) is 5.21. The molecule has 2 N–H and O–H groups in total. The Hall–Kier alpha value is -1.95. The molecular weight excluding hydrogens is 370 g/mol. The van der Waals surface area contributed by atoms with Gasteiger partial charge in [-0.2, -0.15) is 0 Å². The van der Waals surface area contributed by atoms with Crippen molar-refractivity contribution >= 4 is 17.9 Å². The van der Waals surface area contributed by atoms with Crippen LogP contribution in [0.25, 0.3) is 0 Å². The van der Waals surface area contributed by atoms with E-state index in [2.05, 4.69) is 50.5 Å². The number of benzene rings is 1. The lowest BCUT2D eigenvalue weighted by atomic mass is 10.1. The molecule has 1 aromatic heterocycles. The van der Waals surface area contributed by atoms with Gasteiger partial charge < -0.3 is 15.0 Å². The van der Waals surface area contributed by atoms with E-state index in [4.69, 9.17) is 15.5 Å². The summed E-state index contributed by atoms with van der Waals surface area (Å²) in [5.74, 6) is 2.16. The van der Waals surface area contributed by atoms with Crippen molar-refractivity contribution in [2.75, 3.05) is 6.61 Å². The fourth-order valence-electron chi connectivity index (χ4n) is 3.47. The van der Waals surface area contributed by atoms with Crippen LogP contribution in [-0.2, 0) is 17.7 Å². The molecule has 6 heteroatoms. The second kappa shape index (κ2) is 9.03. The van der Waals surface area contributed by atoms with Gasteiger partial charge in [0.15, 0.2) is 0 Å². The average Bonchev–Trinajstić information content (AvgIpc) is 3.35. The van der Waals surface area contributed by atoms with Gasteiger partial charge in [0.2, 0.25) is 0 Å². The van der Waals surface area contributed by atoms with Crippen LogP contribution < -0.4 is 5.73 Å². The summed E-state index contributed by atoms with van der Waals surface area (Å²) in [4.78, 5) is 17.2. The molecule has 1 aromatic carbocycles. The number of carbonyl (C=O) groups excluding carboxylic acids is 1. The van der Waals surface area contributed by atoms with Crippen molar-refractivity contribution in [2.45, 2.75) is 75.8 Å². The standard InChI is InChI=1S/C22H31N3O2S/c1-14(2)20-21(28-18-12-15(3)11-16(4)13-18)25(9-7-17-5-6-17)19(24-20)8-10-27-22(23)26/h11-14,17H,5-10H2,1-4H3,(H2,23,26). The summed E-state index contributed by atoms with van der Waals surface area (Å²) in [6, 6.07) is 6.66. The number of nitrogens with zero attached hydrogens (tertiary/aromatic N) is 2. The summed E-state index contributed by atoms with van der Waals surface area (Å²) in [5.41, 5.74) is 8.78. The SMILES string of the molecule is Cc1cc(C)cc(Sc2c(C(C)C)nc(CCOC(N)=O)n2CCC2CC2)c1. The van der Waals surface area contributed by atoms with E-state index in [1.54, 1.807) is 11.8 Å². The minimum absolute atomic E-state index is 0.265. The van der Waals surface area contributed by atoms with Crippen molar-refractivity contribution in [3.05, 3.63) is 40.8 Å². The van der Waals surface area contributed by atoms with E-state index >= 15 is 0 Å². The van der Waals surface area contributed by atoms with Crippen LogP contribution in [-0.4, -0.2) is 22.3 Å². The normalized spacial score (nSPS) is 13.9. The van der Waals surface area contributed by atoms with Gasteiger partial charge >= 0.3 is 6.09 Å². The molecule has 1 aliphatic carbocycles. The highest BCUT2D eigenvalue weighted by molar-refractivity contribution is 7.99. The Morgan fingerprint density at radius 1 is 1.29 bits per heavy atom. The molecular formula is C22H31N3O2S. The molecule has 0 bridgehead atoms. The minimum Gasteiger partial charge on any atom is -0.449 e. The summed E-state index contributed by atoms with van der Waals surface area (Å²) in [6.07, 6.45) is 3.71. The molecule has 5 nitrogen and oxygen atoms in total. The van der Waals surface area contributed by atoms with Gasteiger partial charge in [0.25, 0.3) is 0 Å². The van der Waals surface area contributed by atoms with Crippen LogP contribution in [0.5, 0.6) is 0 Å². The highest BCUT2D eigenvalue weighted by Gasteiger charge is 2.25. The van der Waals surface area contributed by atoms with Crippen LogP contribution in [0.3, 0.4) is 0 Å². The smallest absolute Gasteiger partial charge is 0.404 e. The Labute approximate surface area is 172 Å². The Bertz CT molecular complexity index is 820. The summed E-state index contributed by atoms with van der Waals surface area (Å²) in [5, 5.41) is 1.22. The Morgan fingerprint density at radius 3 is 2.54 bits per heavy atom. The molecule has 0 atom stereocenters. The average molecular weight is 402 g/mol. The Kier molecular flexibility index (Phi) is 6.70. The molecule has 0 unspecified atom stereocenters.